The van der Waals surface area contributed by atoms with E-state index in [1.165, 1.54) is 5.56 Å². The van der Waals surface area contributed by atoms with Crippen molar-refractivity contribution >= 4 is 5.91 Å². The summed E-state index contributed by atoms with van der Waals surface area (Å²) in [4.78, 5) is 12.1. The fourth-order valence-electron chi connectivity index (χ4n) is 2.07. The Morgan fingerprint density at radius 2 is 1.75 bits per heavy atom. The SMILES string of the molecule is COc1ccc(C(=O)NC(C)Cc2ccccc2)cc1. The first kappa shape index (κ1) is 14.1. The number of ether oxygens (including phenoxy) is 1. The summed E-state index contributed by atoms with van der Waals surface area (Å²) in [5.74, 6) is 0.690. The van der Waals surface area contributed by atoms with Gasteiger partial charge in [0.1, 0.15) is 5.75 Å². The third-order valence-electron chi connectivity index (χ3n) is 3.11. The van der Waals surface area contributed by atoms with Crippen molar-refractivity contribution in [2.24, 2.45) is 0 Å². The first-order valence-corrected chi connectivity index (χ1v) is 6.68. The first-order valence-electron chi connectivity index (χ1n) is 6.68. The Morgan fingerprint density at radius 1 is 1.10 bits per heavy atom. The highest BCUT2D eigenvalue weighted by molar-refractivity contribution is 5.94. The fourth-order valence-corrected chi connectivity index (χ4v) is 2.07. The van der Waals surface area contributed by atoms with Crippen LogP contribution in [0.25, 0.3) is 0 Å². The molecule has 0 heterocycles. The summed E-state index contributed by atoms with van der Waals surface area (Å²) in [6.07, 6.45) is 0.822. The van der Waals surface area contributed by atoms with E-state index in [-0.39, 0.29) is 11.9 Å². The third-order valence-corrected chi connectivity index (χ3v) is 3.11. The van der Waals surface area contributed by atoms with E-state index in [9.17, 15) is 4.79 Å². The molecule has 2 rings (SSSR count). The van der Waals surface area contributed by atoms with Gasteiger partial charge in [-0.3, -0.25) is 4.79 Å². The van der Waals surface area contributed by atoms with Crippen LogP contribution in [0.3, 0.4) is 0 Å². The van der Waals surface area contributed by atoms with E-state index in [4.69, 9.17) is 4.74 Å². The molecule has 20 heavy (non-hydrogen) atoms. The molecule has 0 aliphatic carbocycles. The highest BCUT2D eigenvalue weighted by Gasteiger charge is 2.10. The molecule has 0 aromatic heterocycles. The van der Waals surface area contributed by atoms with E-state index in [0.717, 1.165) is 12.2 Å². The molecule has 0 aliphatic heterocycles. The van der Waals surface area contributed by atoms with Gasteiger partial charge in [0.2, 0.25) is 0 Å². The van der Waals surface area contributed by atoms with E-state index < -0.39 is 0 Å². The maximum Gasteiger partial charge on any atom is 0.251 e. The molecule has 1 amide bonds. The average Bonchev–Trinajstić information content (AvgIpc) is 2.48. The van der Waals surface area contributed by atoms with Gasteiger partial charge in [-0.1, -0.05) is 30.3 Å². The van der Waals surface area contributed by atoms with Gasteiger partial charge in [0.05, 0.1) is 7.11 Å². The van der Waals surface area contributed by atoms with Crippen LogP contribution in [0.15, 0.2) is 54.6 Å². The molecule has 104 valence electrons. The minimum absolute atomic E-state index is 0.0592. The first-order chi connectivity index (χ1) is 9.69. The maximum atomic E-state index is 12.1. The zero-order valence-corrected chi connectivity index (χ0v) is 11.8. The Hall–Kier alpha value is -2.29. The van der Waals surface area contributed by atoms with Gasteiger partial charge in [-0.2, -0.15) is 0 Å². The highest BCUT2D eigenvalue weighted by atomic mass is 16.5. The summed E-state index contributed by atoms with van der Waals surface area (Å²) in [7, 11) is 1.61. The van der Waals surface area contributed by atoms with Gasteiger partial charge in [-0.15, -0.1) is 0 Å². The molecule has 0 aliphatic rings. The van der Waals surface area contributed by atoms with Crippen LogP contribution < -0.4 is 10.1 Å². The number of hydrogen-bond acceptors (Lipinski definition) is 2. The van der Waals surface area contributed by atoms with Crippen LogP contribution in [0.2, 0.25) is 0 Å². The molecule has 0 fully saturated rings. The lowest BCUT2D eigenvalue weighted by atomic mass is 10.1. The van der Waals surface area contributed by atoms with E-state index in [2.05, 4.69) is 17.4 Å². The monoisotopic (exact) mass is 269 g/mol. The third kappa shape index (κ3) is 3.85. The molecule has 2 aromatic rings. The Balaban J connectivity index is 1.93. The second-order valence-corrected chi connectivity index (χ2v) is 4.79. The van der Waals surface area contributed by atoms with Crippen LogP contribution in [0.4, 0.5) is 0 Å². The van der Waals surface area contributed by atoms with Crippen molar-refractivity contribution in [3.8, 4) is 5.75 Å². The molecular weight excluding hydrogens is 250 g/mol. The van der Waals surface area contributed by atoms with Gasteiger partial charge < -0.3 is 10.1 Å². The number of amides is 1. The predicted molar refractivity (Wildman–Crippen MR) is 80.1 cm³/mol. The second-order valence-electron chi connectivity index (χ2n) is 4.79. The summed E-state index contributed by atoms with van der Waals surface area (Å²) in [5, 5.41) is 3.00. The Labute approximate surface area is 119 Å². The molecule has 0 saturated heterocycles. The molecule has 1 unspecified atom stereocenters. The van der Waals surface area contributed by atoms with Crippen molar-refractivity contribution in [3.05, 3.63) is 65.7 Å². The summed E-state index contributed by atoms with van der Waals surface area (Å²) in [6.45, 7) is 2.01. The zero-order chi connectivity index (χ0) is 14.4. The Morgan fingerprint density at radius 3 is 2.35 bits per heavy atom. The van der Waals surface area contributed by atoms with E-state index in [0.29, 0.717) is 5.56 Å². The standard InChI is InChI=1S/C17H19NO2/c1-13(12-14-6-4-3-5-7-14)18-17(19)15-8-10-16(20-2)11-9-15/h3-11,13H,12H2,1-2H3,(H,18,19). The van der Waals surface area contributed by atoms with Crippen LogP contribution in [-0.4, -0.2) is 19.1 Å². The lowest BCUT2D eigenvalue weighted by molar-refractivity contribution is 0.0940. The van der Waals surface area contributed by atoms with E-state index in [1.54, 1.807) is 31.4 Å². The number of hydrogen-bond donors (Lipinski definition) is 1. The van der Waals surface area contributed by atoms with E-state index >= 15 is 0 Å². The lowest BCUT2D eigenvalue weighted by Gasteiger charge is -2.14. The van der Waals surface area contributed by atoms with Gasteiger partial charge >= 0.3 is 0 Å². The van der Waals surface area contributed by atoms with Gasteiger partial charge in [-0.25, -0.2) is 0 Å². The maximum absolute atomic E-state index is 12.1. The normalized spacial score (nSPS) is 11.7. The lowest BCUT2D eigenvalue weighted by Crippen LogP contribution is -2.34. The average molecular weight is 269 g/mol. The molecule has 3 nitrogen and oxygen atoms in total. The molecule has 3 heteroatoms. The van der Waals surface area contributed by atoms with Crippen LogP contribution in [0, 0.1) is 0 Å². The van der Waals surface area contributed by atoms with Crippen LogP contribution in [0.5, 0.6) is 5.75 Å². The number of rotatable bonds is 5. The van der Waals surface area contributed by atoms with Crippen molar-refractivity contribution in [2.45, 2.75) is 19.4 Å². The van der Waals surface area contributed by atoms with Gasteiger partial charge in [0, 0.05) is 11.6 Å². The predicted octanol–water partition coefficient (Wildman–Crippen LogP) is 3.06. The molecule has 0 bridgehead atoms. The minimum atomic E-state index is -0.0592. The Bertz CT molecular complexity index is 549. The number of nitrogens with one attached hydrogen (secondary N) is 1. The molecule has 0 spiro atoms. The quantitative estimate of drug-likeness (QED) is 0.906. The minimum Gasteiger partial charge on any atom is -0.497 e. The van der Waals surface area contributed by atoms with Crippen molar-refractivity contribution in [1.29, 1.82) is 0 Å². The van der Waals surface area contributed by atoms with Crippen molar-refractivity contribution in [2.75, 3.05) is 7.11 Å². The summed E-state index contributed by atoms with van der Waals surface area (Å²) in [6, 6.07) is 17.3. The number of methoxy groups -OCH3 is 1. The molecular formula is C17H19NO2. The van der Waals surface area contributed by atoms with Crippen molar-refractivity contribution in [3.63, 3.8) is 0 Å². The van der Waals surface area contributed by atoms with Crippen molar-refractivity contribution in [1.82, 2.24) is 5.32 Å². The second kappa shape index (κ2) is 6.75. The van der Waals surface area contributed by atoms with E-state index in [1.807, 2.05) is 25.1 Å². The molecule has 2 aromatic carbocycles. The number of benzene rings is 2. The van der Waals surface area contributed by atoms with Gasteiger partial charge in [0.25, 0.3) is 5.91 Å². The molecule has 0 saturated carbocycles. The van der Waals surface area contributed by atoms with Crippen LogP contribution in [0.1, 0.15) is 22.8 Å². The summed E-state index contributed by atoms with van der Waals surface area (Å²) < 4.78 is 5.08. The molecule has 1 atom stereocenters. The largest absolute Gasteiger partial charge is 0.497 e. The van der Waals surface area contributed by atoms with Crippen LogP contribution in [-0.2, 0) is 6.42 Å². The number of carbonyl (C=O) groups excluding carboxylic acids is 1. The van der Waals surface area contributed by atoms with Gasteiger partial charge in [-0.05, 0) is 43.2 Å². The topological polar surface area (TPSA) is 38.3 Å². The summed E-state index contributed by atoms with van der Waals surface area (Å²) in [5.41, 5.74) is 1.86. The number of carbonyl (C=O) groups is 1. The Kier molecular flexibility index (Phi) is 4.77. The highest BCUT2D eigenvalue weighted by Crippen LogP contribution is 2.11. The zero-order valence-electron chi connectivity index (χ0n) is 11.8. The van der Waals surface area contributed by atoms with Gasteiger partial charge in [0.15, 0.2) is 0 Å². The fraction of sp³-hybridized carbons (Fsp3) is 0.235. The summed E-state index contributed by atoms with van der Waals surface area (Å²) >= 11 is 0. The molecule has 1 N–H and O–H groups in total. The molecule has 0 radical (unpaired) electrons. The van der Waals surface area contributed by atoms with Crippen LogP contribution >= 0.6 is 0 Å². The van der Waals surface area contributed by atoms with Crippen molar-refractivity contribution < 1.29 is 9.53 Å². The smallest absolute Gasteiger partial charge is 0.251 e.